The first-order chi connectivity index (χ1) is 16.5. The van der Waals surface area contributed by atoms with E-state index in [1.165, 1.54) is 5.56 Å². The van der Waals surface area contributed by atoms with Crippen LogP contribution in [0.5, 0.6) is 11.5 Å². The summed E-state index contributed by atoms with van der Waals surface area (Å²) in [7, 11) is 0. The topological polar surface area (TPSA) is 52.6 Å². The first kappa shape index (κ1) is 26.2. The van der Waals surface area contributed by atoms with Gasteiger partial charge in [-0.3, -0.25) is 4.79 Å². The lowest BCUT2D eigenvalue weighted by atomic mass is 9.82. The van der Waals surface area contributed by atoms with E-state index in [1.54, 1.807) is 24.3 Å². The van der Waals surface area contributed by atoms with Crippen LogP contribution in [0.25, 0.3) is 0 Å². The minimum atomic E-state index is -0.439. The van der Waals surface area contributed by atoms with Crippen LogP contribution in [0.3, 0.4) is 0 Å². The lowest BCUT2D eigenvalue weighted by Gasteiger charge is -2.20. The summed E-state index contributed by atoms with van der Waals surface area (Å²) in [4.78, 5) is 25.3. The van der Waals surface area contributed by atoms with Crippen molar-refractivity contribution in [1.29, 1.82) is 0 Å². The molecule has 0 aromatic heterocycles. The summed E-state index contributed by atoms with van der Waals surface area (Å²) in [6, 6.07) is 18.8. The third kappa shape index (κ3) is 6.60. The van der Waals surface area contributed by atoms with E-state index in [4.69, 9.17) is 9.47 Å². The fourth-order valence-electron chi connectivity index (χ4n) is 3.85. The van der Waals surface area contributed by atoms with Crippen LogP contribution in [-0.2, 0) is 6.42 Å². The molecule has 0 spiro atoms. The minimum absolute atomic E-state index is 0.0728. The number of rotatable bonds is 9. The van der Waals surface area contributed by atoms with Gasteiger partial charge in [-0.25, -0.2) is 4.79 Å². The molecule has 0 aliphatic heterocycles. The van der Waals surface area contributed by atoms with Crippen molar-refractivity contribution in [2.75, 3.05) is 0 Å². The third-order valence-electron chi connectivity index (χ3n) is 6.33. The Morgan fingerprint density at radius 1 is 0.800 bits per heavy atom. The van der Waals surface area contributed by atoms with E-state index >= 15 is 0 Å². The van der Waals surface area contributed by atoms with Crippen molar-refractivity contribution in [1.82, 2.24) is 0 Å². The SMILES string of the molecule is CCC(C)(C)C(=O)c1ccc(C(=O)Oc2ccc(Cc3ccc(OC(C)C)c(C)c3)cc2C)cc1. The molecular weight excluding hydrogens is 436 g/mol. The number of carbonyl (C=O) groups excluding carboxylic acids is 2. The van der Waals surface area contributed by atoms with Gasteiger partial charge in [-0.1, -0.05) is 57.2 Å². The molecule has 0 bridgehead atoms. The zero-order valence-electron chi connectivity index (χ0n) is 21.9. The second kappa shape index (κ2) is 10.9. The number of carbonyl (C=O) groups is 2. The fraction of sp³-hybridized carbons (Fsp3) is 0.355. The third-order valence-corrected chi connectivity index (χ3v) is 6.33. The standard InChI is InChI=1S/C31H36O4/c1-8-31(6,7)29(32)25-11-13-26(14-12-25)30(33)35-28-16-10-24(18-22(28)5)19-23-9-15-27(21(4)17-23)34-20(2)3/h9-18,20H,8,19H2,1-7H3. The summed E-state index contributed by atoms with van der Waals surface area (Å²) < 4.78 is 11.5. The van der Waals surface area contributed by atoms with Crippen molar-refractivity contribution in [3.05, 3.63) is 94.0 Å². The lowest BCUT2D eigenvalue weighted by molar-refractivity contribution is 0.0732. The van der Waals surface area contributed by atoms with Crippen LogP contribution >= 0.6 is 0 Å². The van der Waals surface area contributed by atoms with Gasteiger partial charge in [-0.05, 0) is 87.1 Å². The van der Waals surface area contributed by atoms with Crippen LogP contribution in [0.1, 0.15) is 84.0 Å². The minimum Gasteiger partial charge on any atom is -0.491 e. The van der Waals surface area contributed by atoms with Crippen molar-refractivity contribution in [2.45, 2.75) is 67.4 Å². The number of hydrogen-bond acceptors (Lipinski definition) is 4. The summed E-state index contributed by atoms with van der Waals surface area (Å²) in [6.45, 7) is 13.9. The second-order valence-electron chi connectivity index (χ2n) is 10.1. The van der Waals surface area contributed by atoms with Gasteiger partial charge in [-0.15, -0.1) is 0 Å². The molecule has 0 heterocycles. The van der Waals surface area contributed by atoms with Crippen LogP contribution in [0, 0.1) is 19.3 Å². The maximum absolute atomic E-state index is 12.7. The lowest BCUT2D eigenvalue weighted by Crippen LogP contribution is -2.23. The van der Waals surface area contributed by atoms with Crippen molar-refractivity contribution in [2.24, 2.45) is 5.41 Å². The molecule has 4 nitrogen and oxygen atoms in total. The highest BCUT2D eigenvalue weighted by molar-refractivity contribution is 6.01. The summed E-state index contributed by atoms with van der Waals surface area (Å²) in [5.41, 5.74) is 4.94. The first-order valence-electron chi connectivity index (χ1n) is 12.2. The van der Waals surface area contributed by atoms with E-state index in [-0.39, 0.29) is 11.9 Å². The Balaban J connectivity index is 1.67. The monoisotopic (exact) mass is 472 g/mol. The molecule has 0 saturated carbocycles. The molecule has 4 heteroatoms. The van der Waals surface area contributed by atoms with Crippen molar-refractivity contribution in [3.63, 3.8) is 0 Å². The van der Waals surface area contributed by atoms with Gasteiger partial charge in [0.15, 0.2) is 5.78 Å². The highest BCUT2D eigenvalue weighted by Gasteiger charge is 2.26. The fourth-order valence-corrected chi connectivity index (χ4v) is 3.85. The first-order valence-corrected chi connectivity index (χ1v) is 12.2. The van der Waals surface area contributed by atoms with E-state index < -0.39 is 11.4 Å². The maximum atomic E-state index is 12.7. The molecule has 184 valence electrons. The molecule has 3 aromatic rings. The molecule has 0 fully saturated rings. The van der Waals surface area contributed by atoms with Gasteiger partial charge >= 0.3 is 5.97 Å². The average Bonchev–Trinajstić information content (AvgIpc) is 2.82. The zero-order valence-corrected chi connectivity index (χ0v) is 21.9. The number of ketones is 1. The van der Waals surface area contributed by atoms with Gasteiger partial charge in [-0.2, -0.15) is 0 Å². The molecule has 0 saturated heterocycles. The Bertz CT molecular complexity index is 1200. The predicted octanol–water partition coefficient (Wildman–Crippen LogP) is 7.52. The normalized spacial score (nSPS) is 11.4. The Kier molecular flexibility index (Phi) is 8.16. The molecule has 3 aromatic carbocycles. The predicted molar refractivity (Wildman–Crippen MR) is 141 cm³/mol. The van der Waals surface area contributed by atoms with Gasteiger partial charge in [0.25, 0.3) is 0 Å². The Labute approximate surface area is 209 Å². The van der Waals surface area contributed by atoms with Crippen molar-refractivity contribution >= 4 is 11.8 Å². The Morgan fingerprint density at radius 3 is 1.80 bits per heavy atom. The van der Waals surface area contributed by atoms with Gasteiger partial charge in [0.1, 0.15) is 11.5 Å². The summed E-state index contributed by atoms with van der Waals surface area (Å²) >= 11 is 0. The average molecular weight is 473 g/mol. The molecule has 0 unspecified atom stereocenters. The molecule has 0 atom stereocenters. The van der Waals surface area contributed by atoms with Crippen molar-refractivity contribution in [3.8, 4) is 11.5 Å². The highest BCUT2D eigenvalue weighted by atomic mass is 16.5. The molecule has 35 heavy (non-hydrogen) atoms. The number of aryl methyl sites for hydroxylation is 2. The zero-order chi connectivity index (χ0) is 25.8. The van der Waals surface area contributed by atoms with E-state index in [0.717, 1.165) is 35.3 Å². The summed E-state index contributed by atoms with van der Waals surface area (Å²) in [6.07, 6.45) is 1.68. The molecule has 0 aliphatic carbocycles. The Hall–Kier alpha value is -3.40. The molecule has 0 radical (unpaired) electrons. The quantitative estimate of drug-likeness (QED) is 0.184. The number of esters is 1. The number of benzene rings is 3. The molecule has 0 N–H and O–H groups in total. The van der Waals surface area contributed by atoms with Gasteiger partial charge in [0.05, 0.1) is 11.7 Å². The number of ether oxygens (including phenoxy) is 2. The molecule has 0 aliphatic rings. The van der Waals surface area contributed by atoms with Crippen LogP contribution in [-0.4, -0.2) is 17.9 Å². The van der Waals surface area contributed by atoms with Crippen LogP contribution in [0.4, 0.5) is 0 Å². The van der Waals surface area contributed by atoms with Gasteiger partial charge in [0, 0.05) is 11.0 Å². The van der Waals surface area contributed by atoms with E-state index in [1.807, 2.05) is 65.8 Å². The van der Waals surface area contributed by atoms with E-state index in [9.17, 15) is 9.59 Å². The van der Waals surface area contributed by atoms with Gasteiger partial charge < -0.3 is 9.47 Å². The smallest absolute Gasteiger partial charge is 0.343 e. The highest BCUT2D eigenvalue weighted by Crippen LogP contribution is 2.27. The number of hydrogen-bond donors (Lipinski definition) is 0. The molecular formula is C31H36O4. The van der Waals surface area contributed by atoms with E-state index in [0.29, 0.717) is 16.9 Å². The van der Waals surface area contributed by atoms with Crippen LogP contribution < -0.4 is 9.47 Å². The summed E-state index contributed by atoms with van der Waals surface area (Å²) in [5.74, 6) is 1.08. The largest absolute Gasteiger partial charge is 0.491 e. The van der Waals surface area contributed by atoms with Crippen molar-refractivity contribution < 1.29 is 19.1 Å². The maximum Gasteiger partial charge on any atom is 0.343 e. The van der Waals surface area contributed by atoms with E-state index in [2.05, 4.69) is 19.1 Å². The van der Waals surface area contributed by atoms with Crippen LogP contribution in [0.2, 0.25) is 0 Å². The number of Topliss-reactive ketones (excluding diaryl/α,β-unsaturated/α-hetero) is 1. The molecule has 0 amide bonds. The van der Waals surface area contributed by atoms with Crippen LogP contribution in [0.15, 0.2) is 60.7 Å². The summed E-state index contributed by atoms with van der Waals surface area (Å²) in [5, 5.41) is 0. The van der Waals surface area contributed by atoms with Gasteiger partial charge in [0.2, 0.25) is 0 Å². The Morgan fingerprint density at radius 2 is 1.31 bits per heavy atom. The molecule has 3 rings (SSSR count). The second-order valence-corrected chi connectivity index (χ2v) is 10.1.